The number of rotatable bonds is 7. The van der Waals surface area contributed by atoms with E-state index in [0.717, 1.165) is 69.5 Å². The third-order valence-corrected chi connectivity index (χ3v) is 5.84. The Bertz CT molecular complexity index is 817. The van der Waals surface area contributed by atoms with Crippen LogP contribution in [-0.4, -0.2) is 57.8 Å². The van der Waals surface area contributed by atoms with E-state index in [2.05, 4.69) is 31.7 Å². The highest BCUT2D eigenvalue weighted by Gasteiger charge is 2.26. The van der Waals surface area contributed by atoms with E-state index in [1.54, 1.807) is 6.20 Å². The minimum absolute atomic E-state index is 0.0875. The molecule has 156 valence electrons. The molecule has 2 aromatic rings. The number of nitrogens with zero attached hydrogens (tertiary/aromatic N) is 5. The van der Waals surface area contributed by atoms with Crippen molar-refractivity contribution in [3.8, 4) is 0 Å². The minimum Gasteiger partial charge on any atom is -0.381 e. The van der Waals surface area contributed by atoms with Crippen LogP contribution in [0.25, 0.3) is 0 Å². The molecule has 0 bridgehead atoms. The van der Waals surface area contributed by atoms with E-state index in [0.29, 0.717) is 18.9 Å². The van der Waals surface area contributed by atoms with Crippen LogP contribution in [0.15, 0.2) is 24.7 Å². The number of aromatic nitrogens is 4. The topological polar surface area (TPSA) is 85.2 Å². The van der Waals surface area contributed by atoms with Crippen molar-refractivity contribution in [3.05, 3.63) is 36.2 Å². The molecular formula is C21H30N6O2. The Morgan fingerprint density at radius 2 is 2.10 bits per heavy atom. The molecule has 0 aliphatic carbocycles. The maximum absolute atomic E-state index is 12.4. The summed E-state index contributed by atoms with van der Waals surface area (Å²) in [6.07, 6.45) is 9.88. The second-order valence-corrected chi connectivity index (χ2v) is 7.81. The molecule has 1 unspecified atom stereocenters. The molecule has 2 fully saturated rings. The number of hydrogen-bond donors (Lipinski definition) is 1. The van der Waals surface area contributed by atoms with Crippen LogP contribution in [0, 0.1) is 0 Å². The molecule has 0 radical (unpaired) electrons. The number of anilines is 1. The molecule has 2 aromatic heterocycles. The number of nitrogens with one attached hydrogen (secondary N) is 1. The predicted molar refractivity (Wildman–Crippen MR) is 110 cm³/mol. The molecule has 2 aliphatic rings. The Labute approximate surface area is 171 Å². The normalized spacial score (nSPS) is 20.2. The molecule has 8 nitrogen and oxygen atoms in total. The summed E-state index contributed by atoms with van der Waals surface area (Å²) in [6.45, 7) is 5.98. The Kier molecular flexibility index (Phi) is 6.39. The Balaban J connectivity index is 1.28. The van der Waals surface area contributed by atoms with Crippen LogP contribution in [-0.2, 0) is 22.5 Å². The van der Waals surface area contributed by atoms with Crippen LogP contribution in [0.5, 0.6) is 0 Å². The van der Waals surface area contributed by atoms with Crippen LogP contribution < -0.4 is 10.2 Å². The lowest BCUT2D eigenvalue weighted by Crippen LogP contribution is -2.37. The van der Waals surface area contributed by atoms with Gasteiger partial charge in [0.25, 0.3) is 0 Å². The van der Waals surface area contributed by atoms with Crippen molar-refractivity contribution in [3.63, 3.8) is 0 Å². The van der Waals surface area contributed by atoms with Crippen molar-refractivity contribution in [2.45, 2.75) is 57.5 Å². The maximum atomic E-state index is 12.4. The highest BCUT2D eigenvalue weighted by Crippen LogP contribution is 2.26. The van der Waals surface area contributed by atoms with E-state index in [1.165, 1.54) is 0 Å². The van der Waals surface area contributed by atoms with Gasteiger partial charge in [-0.2, -0.15) is 0 Å². The van der Waals surface area contributed by atoms with Crippen molar-refractivity contribution in [2.24, 2.45) is 0 Å². The van der Waals surface area contributed by atoms with Crippen LogP contribution in [0.2, 0.25) is 0 Å². The molecule has 29 heavy (non-hydrogen) atoms. The maximum Gasteiger partial charge on any atom is 0.225 e. The SMILES string of the molecule is CCc1nccn1CCC(=O)NC1CCN(c2nccc(C3CCOCC3)n2)C1. The summed E-state index contributed by atoms with van der Waals surface area (Å²) < 4.78 is 7.51. The van der Waals surface area contributed by atoms with Crippen LogP contribution in [0.4, 0.5) is 5.95 Å². The summed E-state index contributed by atoms with van der Waals surface area (Å²) in [5.74, 6) is 2.34. The molecule has 1 atom stereocenters. The van der Waals surface area contributed by atoms with Gasteiger partial charge in [-0.3, -0.25) is 4.79 Å². The lowest BCUT2D eigenvalue weighted by molar-refractivity contribution is -0.121. The van der Waals surface area contributed by atoms with Gasteiger partial charge >= 0.3 is 0 Å². The number of carbonyl (C=O) groups excluding carboxylic acids is 1. The molecule has 1 amide bonds. The lowest BCUT2D eigenvalue weighted by Gasteiger charge is -2.23. The van der Waals surface area contributed by atoms with Crippen molar-refractivity contribution < 1.29 is 9.53 Å². The first kappa shape index (κ1) is 19.8. The summed E-state index contributed by atoms with van der Waals surface area (Å²) in [6, 6.07) is 2.17. The van der Waals surface area contributed by atoms with Crippen molar-refractivity contribution in [2.75, 3.05) is 31.2 Å². The molecule has 1 N–H and O–H groups in total. The van der Waals surface area contributed by atoms with Gasteiger partial charge in [-0.25, -0.2) is 15.0 Å². The van der Waals surface area contributed by atoms with E-state index in [9.17, 15) is 4.79 Å². The van der Waals surface area contributed by atoms with Crippen LogP contribution in [0.3, 0.4) is 0 Å². The minimum atomic E-state index is 0.0875. The van der Waals surface area contributed by atoms with Crippen LogP contribution >= 0.6 is 0 Å². The zero-order valence-electron chi connectivity index (χ0n) is 17.1. The summed E-state index contributed by atoms with van der Waals surface area (Å²) in [7, 11) is 0. The average molecular weight is 399 g/mol. The average Bonchev–Trinajstić information content (AvgIpc) is 3.42. The fourth-order valence-corrected chi connectivity index (χ4v) is 4.17. The van der Waals surface area contributed by atoms with Crippen molar-refractivity contribution in [1.82, 2.24) is 24.8 Å². The third-order valence-electron chi connectivity index (χ3n) is 5.84. The monoisotopic (exact) mass is 398 g/mol. The number of amides is 1. The third kappa shape index (κ3) is 4.93. The number of ether oxygens (including phenoxy) is 1. The van der Waals surface area contributed by atoms with E-state index in [4.69, 9.17) is 9.72 Å². The van der Waals surface area contributed by atoms with E-state index in [1.807, 2.05) is 18.5 Å². The fraction of sp³-hybridized carbons (Fsp3) is 0.619. The Morgan fingerprint density at radius 3 is 2.93 bits per heavy atom. The number of carbonyl (C=O) groups is 1. The van der Waals surface area contributed by atoms with Crippen molar-refractivity contribution >= 4 is 11.9 Å². The smallest absolute Gasteiger partial charge is 0.225 e. The van der Waals surface area contributed by atoms with Gasteiger partial charge < -0.3 is 19.5 Å². The molecule has 0 aromatic carbocycles. The zero-order chi connectivity index (χ0) is 20.1. The van der Waals surface area contributed by atoms with Gasteiger partial charge in [-0.15, -0.1) is 0 Å². The summed E-state index contributed by atoms with van der Waals surface area (Å²) in [5, 5.41) is 3.17. The second kappa shape index (κ2) is 9.35. The highest BCUT2D eigenvalue weighted by molar-refractivity contribution is 5.76. The number of aryl methyl sites for hydroxylation is 2. The molecular weight excluding hydrogens is 368 g/mol. The lowest BCUT2D eigenvalue weighted by atomic mass is 9.96. The highest BCUT2D eigenvalue weighted by atomic mass is 16.5. The fourth-order valence-electron chi connectivity index (χ4n) is 4.17. The zero-order valence-corrected chi connectivity index (χ0v) is 17.1. The van der Waals surface area contributed by atoms with Gasteiger partial charge in [0.1, 0.15) is 5.82 Å². The second-order valence-electron chi connectivity index (χ2n) is 7.81. The van der Waals surface area contributed by atoms with E-state index in [-0.39, 0.29) is 11.9 Å². The van der Waals surface area contributed by atoms with Crippen molar-refractivity contribution in [1.29, 1.82) is 0 Å². The largest absolute Gasteiger partial charge is 0.381 e. The van der Waals surface area contributed by atoms with E-state index >= 15 is 0 Å². The van der Waals surface area contributed by atoms with Gasteiger partial charge in [0.15, 0.2) is 0 Å². The van der Waals surface area contributed by atoms with Gasteiger partial charge in [0.05, 0.1) is 0 Å². The van der Waals surface area contributed by atoms with Gasteiger partial charge in [-0.1, -0.05) is 6.92 Å². The molecule has 0 saturated carbocycles. The first-order valence-corrected chi connectivity index (χ1v) is 10.7. The van der Waals surface area contributed by atoms with Gasteiger partial charge in [-0.05, 0) is 25.3 Å². The van der Waals surface area contributed by atoms with E-state index < -0.39 is 0 Å². The molecule has 4 heterocycles. The number of hydrogen-bond acceptors (Lipinski definition) is 6. The standard InChI is InChI=1S/C21H30N6O2/c1-2-19-22-9-12-26(19)11-5-20(28)24-17-4-10-27(15-17)21-23-8-3-18(25-21)16-6-13-29-14-7-16/h3,8-9,12,16-17H,2,4-7,10-11,13-15H2,1H3,(H,24,28). The molecule has 8 heteroatoms. The van der Waals surface area contributed by atoms with Gasteiger partial charge in [0, 0.05) is 81.9 Å². The summed E-state index contributed by atoms with van der Waals surface area (Å²) >= 11 is 0. The predicted octanol–water partition coefficient (Wildman–Crippen LogP) is 1.91. The van der Waals surface area contributed by atoms with Crippen LogP contribution in [0.1, 0.15) is 50.0 Å². The number of imidazole rings is 1. The van der Waals surface area contributed by atoms with Gasteiger partial charge in [0.2, 0.25) is 11.9 Å². The first-order chi connectivity index (χ1) is 14.2. The Hall–Kier alpha value is -2.48. The quantitative estimate of drug-likeness (QED) is 0.767. The molecule has 2 aliphatic heterocycles. The molecule has 4 rings (SSSR count). The first-order valence-electron chi connectivity index (χ1n) is 10.7. The Morgan fingerprint density at radius 1 is 1.24 bits per heavy atom. The molecule has 2 saturated heterocycles. The molecule has 0 spiro atoms. The summed E-state index contributed by atoms with van der Waals surface area (Å²) in [4.78, 5) is 28.2. The summed E-state index contributed by atoms with van der Waals surface area (Å²) in [5.41, 5.74) is 1.11.